The van der Waals surface area contributed by atoms with Crippen LogP contribution >= 0.6 is 0 Å². The molecule has 0 N–H and O–H groups in total. The summed E-state index contributed by atoms with van der Waals surface area (Å²) in [5.41, 5.74) is 0.718. The van der Waals surface area contributed by atoms with Gasteiger partial charge in [-0.1, -0.05) is 6.92 Å². The molecule has 1 aliphatic heterocycles. The fourth-order valence-corrected chi connectivity index (χ4v) is 1.55. The number of pyridine rings is 1. The van der Waals surface area contributed by atoms with Gasteiger partial charge in [0.1, 0.15) is 0 Å². The maximum Gasteiger partial charge on any atom is 0.213 e. The van der Waals surface area contributed by atoms with E-state index in [4.69, 9.17) is 9.47 Å². The van der Waals surface area contributed by atoms with Crippen molar-refractivity contribution in [3.8, 4) is 5.88 Å². The topological polar surface area (TPSA) is 48.4 Å². The van der Waals surface area contributed by atoms with Gasteiger partial charge in [-0.15, -0.1) is 0 Å². The predicted molar refractivity (Wildman–Crippen MR) is 58.7 cm³/mol. The van der Waals surface area contributed by atoms with Gasteiger partial charge >= 0.3 is 0 Å². The van der Waals surface area contributed by atoms with E-state index in [1.165, 1.54) is 6.20 Å². The zero-order valence-electron chi connectivity index (χ0n) is 9.31. The smallest absolute Gasteiger partial charge is 0.213 e. The maximum atomic E-state index is 10.4. The Bertz CT molecular complexity index is 352. The van der Waals surface area contributed by atoms with E-state index < -0.39 is 0 Å². The second-order valence-corrected chi connectivity index (χ2v) is 4.18. The molecule has 0 saturated carbocycles. The first-order valence-corrected chi connectivity index (χ1v) is 5.40. The largest absolute Gasteiger partial charge is 0.477 e. The average Bonchev–Trinajstić information content (AvgIpc) is 2.29. The minimum atomic E-state index is 0.158. The molecule has 0 unspecified atom stereocenters. The van der Waals surface area contributed by atoms with Gasteiger partial charge < -0.3 is 9.47 Å². The molecule has 1 aromatic heterocycles. The molecule has 0 aromatic carbocycles. The van der Waals surface area contributed by atoms with Gasteiger partial charge in [0, 0.05) is 17.8 Å². The van der Waals surface area contributed by atoms with Crippen LogP contribution in [0.3, 0.4) is 0 Å². The third-order valence-corrected chi connectivity index (χ3v) is 2.99. The molecule has 0 atom stereocenters. The first-order valence-electron chi connectivity index (χ1n) is 5.40. The lowest BCUT2D eigenvalue weighted by Crippen LogP contribution is -2.46. The number of hydrogen-bond acceptors (Lipinski definition) is 4. The number of carbonyl (C=O) groups is 1. The molecule has 1 aromatic rings. The molecular weight excluding hydrogens is 206 g/mol. The van der Waals surface area contributed by atoms with Crippen LogP contribution in [0.2, 0.25) is 0 Å². The molecule has 86 valence electrons. The van der Waals surface area contributed by atoms with Crippen LogP contribution in [0.5, 0.6) is 5.88 Å². The van der Waals surface area contributed by atoms with Crippen LogP contribution in [0.1, 0.15) is 23.7 Å². The lowest BCUT2D eigenvalue weighted by Gasteiger charge is -2.40. The van der Waals surface area contributed by atoms with Crippen molar-refractivity contribution in [3.63, 3.8) is 0 Å². The molecule has 2 rings (SSSR count). The summed E-state index contributed by atoms with van der Waals surface area (Å²) in [5.74, 6) is 0.560. The Hall–Kier alpha value is -1.42. The van der Waals surface area contributed by atoms with Crippen molar-refractivity contribution in [2.24, 2.45) is 5.41 Å². The van der Waals surface area contributed by atoms with Crippen LogP contribution in [0.25, 0.3) is 0 Å². The van der Waals surface area contributed by atoms with Crippen molar-refractivity contribution in [3.05, 3.63) is 23.9 Å². The van der Waals surface area contributed by atoms with Crippen molar-refractivity contribution in [2.45, 2.75) is 13.3 Å². The highest BCUT2D eigenvalue weighted by Gasteiger charge is 2.37. The summed E-state index contributed by atoms with van der Waals surface area (Å²) in [5, 5.41) is 0. The summed E-state index contributed by atoms with van der Waals surface area (Å²) in [6, 6.07) is 3.41. The summed E-state index contributed by atoms with van der Waals surface area (Å²) in [4.78, 5) is 14.5. The SMILES string of the molecule is CCC1(COc2ccc(C=O)cn2)COC1. The van der Waals surface area contributed by atoms with Crippen LogP contribution in [-0.2, 0) is 4.74 Å². The number of carbonyl (C=O) groups excluding carboxylic acids is 1. The number of aldehydes is 1. The molecule has 1 saturated heterocycles. The van der Waals surface area contributed by atoms with Gasteiger partial charge in [-0.3, -0.25) is 4.79 Å². The van der Waals surface area contributed by atoms with E-state index in [1.807, 2.05) is 0 Å². The van der Waals surface area contributed by atoms with Crippen LogP contribution in [0.4, 0.5) is 0 Å². The molecule has 0 amide bonds. The summed E-state index contributed by atoms with van der Waals surface area (Å²) in [6.07, 6.45) is 3.32. The van der Waals surface area contributed by atoms with Crippen LogP contribution in [0, 0.1) is 5.41 Å². The van der Waals surface area contributed by atoms with Gasteiger partial charge in [0.15, 0.2) is 6.29 Å². The van der Waals surface area contributed by atoms with E-state index in [0.29, 0.717) is 18.1 Å². The molecular formula is C12H15NO3. The average molecular weight is 221 g/mol. The molecule has 1 fully saturated rings. The lowest BCUT2D eigenvalue weighted by atomic mass is 9.84. The van der Waals surface area contributed by atoms with E-state index in [-0.39, 0.29) is 5.41 Å². The molecule has 0 bridgehead atoms. The highest BCUT2D eigenvalue weighted by molar-refractivity contribution is 5.73. The van der Waals surface area contributed by atoms with E-state index in [1.54, 1.807) is 12.1 Å². The second-order valence-electron chi connectivity index (χ2n) is 4.18. The Morgan fingerprint density at radius 1 is 1.56 bits per heavy atom. The van der Waals surface area contributed by atoms with E-state index in [2.05, 4.69) is 11.9 Å². The molecule has 0 radical (unpaired) electrons. The quantitative estimate of drug-likeness (QED) is 0.710. The molecule has 16 heavy (non-hydrogen) atoms. The number of aromatic nitrogens is 1. The lowest BCUT2D eigenvalue weighted by molar-refractivity contribution is -0.133. The maximum absolute atomic E-state index is 10.4. The third kappa shape index (κ3) is 2.22. The van der Waals surface area contributed by atoms with Crippen molar-refractivity contribution < 1.29 is 14.3 Å². The zero-order valence-corrected chi connectivity index (χ0v) is 9.31. The summed E-state index contributed by atoms with van der Waals surface area (Å²) >= 11 is 0. The zero-order chi connectivity index (χ0) is 11.4. The van der Waals surface area contributed by atoms with Crippen molar-refractivity contribution >= 4 is 6.29 Å². The molecule has 4 nitrogen and oxygen atoms in total. The molecule has 1 aliphatic rings. The third-order valence-electron chi connectivity index (χ3n) is 2.99. The van der Waals surface area contributed by atoms with Gasteiger partial charge in [0.2, 0.25) is 5.88 Å². The Balaban J connectivity index is 1.91. The highest BCUT2D eigenvalue weighted by atomic mass is 16.5. The minimum absolute atomic E-state index is 0.158. The number of ether oxygens (including phenoxy) is 2. The summed E-state index contributed by atoms with van der Waals surface area (Å²) in [7, 11) is 0. The van der Waals surface area contributed by atoms with Gasteiger partial charge in [-0.2, -0.15) is 0 Å². The Labute approximate surface area is 94.6 Å². The molecule has 2 heterocycles. The standard InChI is InChI=1S/C12H15NO3/c1-2-12(7-15-8-12)9-16-11-4-3-10(6-14)5-13-11/h3-6H,2,7-9H2,1H3. The van der Waals surface area contributed by atoms with E-state index in [0.717, 1.165) is 25.9 Å². The first kappa shape index (κ1) is 11.1. The number of nitrogens with zero attached hydrogens (tertiary/aromatic N) is 1. The molecule has 0 aliphatic carbocycles. The molecule has 0 spiro atoms. The van der Waals surface area contributed by atoms with Gasteiger partial charge in [-0.05, 0) is 12.5 Å². The van der Waals surface area contributed by atoms with Crippen molar-refractivity contribution in [1.82, 2.24) is 4.98 Å². The van der Waals surface area contributed by atoms with Crippen molar-refractivity contribution in [2.75, 3.05) is 19.8 Å². The summed E-state index contributed by atoms with van der Waals surface area (Å²) < 4.78 is 10.8. The van der Waals surface area contributed by atoms with Gasteiger partial charge in [0.25, 0.3) is 0 Å². The fraction of sp³-hybridized carbons (Fsp3) is 0.500. The predicted octanol–water partition coefficient (Wildman–Crippen LogP) is 1.70. The van der Waals surface area contributed by atoms with Crippen LogP contribution in [0.15, 0.2) is 18.3 Å². The summed E-state index contributed by atoms with van der Waals surface area (Å²) in [6.45, 7) is 4.28. The molecule has 4 heteroatoms. The number of hydrogen-bond donors (Lipinski definition) is 0. The minimum Gasteiger partial charge on any atom is -0.477 e. The van der Waals surface area contributed by atoms with Gasteiger partial charge in [-0.25, -0.2) is 4.98 Å². The van der Waals surface area contributed by atoms with Gasteiger partial charge in [0.05, 0.1) is 25.2 Å². The Morgan fingerprint density at radius 3 is 2.81 bits per heavy atom. The first-order chi connectivity index (χ1) is 7.78. The highest BCUT2D eigenvalue weighted by Crippen LogP contribution is 2.31. The van der Waals surface area contributed by atoms with E-state index in [9.17, 15) is 4.79 Å². The Morgan fingerprint density at radius 2 is 2.38 bits per heavy atom. The Kier molecular flexibility index (Phi) is 3.19. The van der Waals surface area contributed by atoms with Crippen LogP contribution < -0.4 is 4.74 Å². The van der Waals surface area contributed by atoms with Crippen LogP contribution in [-0.4, -0.2) is 31.1 Å². The van der Waals surface area contributed by atoms with E-state index >= 15 is 0 Å². The number of rotatable bonds is 5. The monoisotopic (exact) mass is 221 g/mol. The van der Waals surface area contributed by atoms with Crippen molar-refractivity contribution in [1.29, 1.82) is 0 Å². The fourth-order valence-electron chi connectivity index (χ4n) is 1.55. The second kappa shape index (κ2) is 4.61. The normalized spacial score (nSPS) is 17.6.